The molecule has 3 nitrogen and oxygen atoms in total. The zero-order chi connectivity index (χ0) is 13.2. The molecule has 0 saturated heterocycles. The van der Waals surface area contributed by atoms with Crippen LogP contribution < -0.4 is 0 Å². The van der Waals surface area contributed by atoms with Gasteiger partial charge < -0.3 is 4.74 Å². The van der Waals surface area contributed by atoms with E-state index in [1.54, 1.807) is 11.3 Å². The van der Waals surface area contributed by atoms with Crippen LogP contribution in [0.4, 0.5) is 0 Å². The van der Waals surface area contributed by atoms with Crippen molar-refractivity contribution in [2.75, 3.05) is 0 Å². The van der Waals surface area contributed by atoms with Gasteiger partial charge in [0.05, 0.1) is 6.10 Å². The van der Waals surface area contributed by atoms with Crippen LogP contribution in [0.5, 0.6) is 0 Å². The molecule has 0 unspecified atom stereocenters. The highest BCUT2D eigenvalue weighted by molar-refractivity contribution is 7.16. The SMILES string of the molecule is CC1CCC(OCc2nc(Cl)c3ccsc3n2)CC1. The number of ether oxygens (including phenoxy) is 1. The van der Waals surface area contributed by atoms with Crippen molar-refractivity contribution in [3.05, 3.63) is 22.4 Å². The summed E-state index contributed by atoms with van der Waals surface area (Å²) >= 11 is 7.73. The molecule has 2 heterocycles. The Bertz CT molecular complexity index is 564. The predicted octanol–water partition coefficient (Wildman–Crippen LogP) is 4.44. The summed E-state index contributed by atoms with van der Waals surface area (Å²) in [5.41, 5.74) is 0. The molecule has 1 fully saturated rings. The first-order valence-corrected chi connectivity index (χ1v) is 7.99. The smallest absolute Gasteiger partial charge is 0.157 e. The number of nitrogens with zero attached hydrogens (tertiary/aromatic N) is 2. The molecule has 0 radical (unpaired) electrons. The summed E-state index contributed by atoms with van der Waals surface area (Å²) in [5, 5.41) is 3.45. The van der Waals surface area contributed by atoms with Gasteiger partial charge in [0.25, 0.3) is 0 Å². The van der Waals surface area contributed by atoms with Gasteiger partial charge in [0.15, 0.2) is 5.82 Å². The van der Waals surface area contributed by atoms with Crippen molar-refractivity contribution < 1.29 is 4.74 Å². The molecule has 0 atom stereocenters. The minimum Gasteiger partial charge on any atom is -0.370 e. The first-order chi connectivity index (χ1) is 9.22. The Kier molecular flexibility index (Phi) is 4.01. The third-order valence-electron chi connectivity index (χ3n) is 3.74. The fraction of sp³-hybridized carbons (Fsp3) is 0.571. The molecule has 0 aliphatic heterocycles. The van der Waals surface area contributed by atoms with Crippen molar-refractivity contribution in [2.45, 2.75) is 45.3 Å². The number of fused-ring (bicyclic) bond motifs is 1. The van der Waals surface area contributed by atoms with Crippen LogP contribution in [0.2, 0.25) is 5.15 Å². The van der Waals surface area contributed by atoms with Gasteiger partial charge in [-0.25, -0.2) is 9.97 Å². The lowest BCUT2D eigenvalue weighted by Gasteiger charge is -2.25. The van der Waals surface area contributed by atoms with Gasteiger partial charge in [-0.15, -0.1) is 11.3 Å². The van der Waals surface area contributed by atoms with E-state index in [1.165, 1.54) is 12.8 Å². The van der Waals surface area contributed by atoms with E-state index in [-0.39, 0.29) is 0 Å². The fourth-order valence-corrected chi connectivity index (χ4v) is 3.60. The molecule has 1 saturated carbocycles. The maximum atomic E-state index is 6.14. The lowest BCUT2D eigenvalue weighted by molar-refractivity contribution is 0.00579. The molecule has 19 heavy (non-hydrogen) atoms. The van der Waals surface area contributed by atoms with Crippen LogP contribution in [0.1, 0.15) is 38.4 Å². The van der Waals surface area contributed by atoms with E-state index in [0.717, 1.165) is 29.0 Å². The van der Waals surface area contributed by atoms with Gasteiger partial charge in [-0.05, 0) is 43.0 Å². The van der Waals surface area contributed by atoms with Crippen LogP contribution in [0.3, 0.4) is 0 Å². The van der Waals surface area contributed by atoms with Gasteiger partial charge in [0.2, 0.25) is 0 Å². The Labute approximate surface area is 122 Å². The Hall–Kier alpha value is -0.710. The first kappa shape index (κ1) is 13.3. The lowest BCUT2D eigenvalue weighted by atomic mass is 9.89. The molecule has 1 aliphatic carbocycles. The molecule has 0 spiro atoms. The highest BCUT2D eigenvalue weighted by Crippen LogP contribution is 2.27. The lowest BCUT2D eigenvalue weighted by Crippen LogP contribution is -2.20. The fourth-order valence-electron chi connectivity index (χ4n) is 2.51. The average Bonchev–Trinajstić information content (AvgIpc) is 2.87. The number of aromatic nitrogens is 2. The van der Waals surface area contributed by atoms with Crippen LogP contribution in [0.15, 0.2) is 11.4 Å². The standard InChI is InChI=1S/C14H17ClN2OS/c1-9-2-4-10(5-3-9)18-8-12-16-13(15)11-6-7-19-14(11)17-12/h6-7,9-10H,2-5,8H2,1H3. The molecule has 3 rings (SSSR count). The van der Waals surface area contributed by atoms with Crippen molar-refractivity contribution in [1.82, 2.24) is 9.97 Å². The second-order valence-corrected chi connectivity index (χ2v) is 6.52. The number of thiophene rings is 1. The Balaban J connectivity index is 1.65. The number of hydrogen-bond acceptors (Lipinski definition) is 4. The van der Waals surface area contributed by atoms with Crippen molar-refractivity contribution >= 4 is 33.2 Å². The second-order valence-electron chi connectivity index (χ2n) is 5.26. The predicted molar refractivity (Wildman–Crippen MR) is 78.6 cm³/mol. The number of hydrogen-bond donors (Lipinski definition) is 0. The second kappa shape index (κ2) is 5.73. The third-order valence-corrected chi connectivity index (χ3v) is 4.83. The summed E-state index contributed by atoms with van der Waals surface area (Å²) in [6, 6.07) is 1.95. The van der Waals surface area contributed by atoms with Gasteiger partial charge in [-0.3, -0.25) is 0 Å². The van der Waals surface area contributed by atoms with Crippen molar-refractivity contribution in [1.29, 1.82) is 0 Å². The van der Waals surface area contributed by atoms with Crippen LogP contribution >= 0.6 is 22.9 Å². The van der Waals surface area contributed by atoms with Gasteiger partial charge in [-0.2, -0.15) is 0 Å². The molecule has 0 amide bonds. The van der Waals surface area contributed by atoms with Gasteiger partial charge >= 0.3 is 0 Å². The van der Waals surface area contributed by atoms with Crippen LogP contribution in [-0.4, -0.2) is 16.1 Å². The molecule has 102 valence electrons. The molecule has 0 aromatic carbocycles. The molecule has 2 aromatic heterocycles. The van der Waals surface area contributed by atoms with Crippen molar-refractivity contribution in [3.8, 4) is 0 Å². The summed E-state index contributed by atoms with van der Waals surface area (Å²) in [7, 11) is 0. The summed E-state index contributed by atoms with van der Waals surface area (Å²) in [4.78, 5) is 9.74. The van der Waals surface area contributed by atoms with Crippen LogP contribution in [-0.2, 0) is 11.3 Å². The molecular weight excluding hydrogens is 280 g/mol. The number of rotatable bonds is 3. The molecule has 2 aromatic rings. The van der Waals surface area contributed by atoms with E-state index in [1.807, 2.05) is 11.4 Å². The largest absolute Gasteiger partial charge is 0.370 e. The minimum atomic E-state index is 0.359. The maximum absolute atomic E-state index is 6.14. The topological polar surface area (TPSA) is 35.0 Å². The molecule has 0 N–H and O–H groups in total. The molecule has 5 heteroatoms. The average molecular weight is 297 g/mol. The molecule has 1 aliphatic rings. The van der Waals surface area contributed by atoms with Gasteiger partial charge in [0.1, 0.15) is 16.6 Å². The van der Waals surface area contributed by atoms with E-state index in [4.69, 9.17) is 16.3 Å². The van der Waals surface area contributed by atoms with Crippen LogP contribution in [0, 0.1) is 5.92 Å². The minimum absolute atomic E-state index is 0.359. The van der Waals surface area contributed by atoms with E-state index < -0.39 is 0 Å². The number of halogens is 1. The Morgan fingerprint density at radius 3 is 2.89 bits per heavy atom. The maximum Gasteiger partial charge on any atom is 0.157 e. The summed E-state index contributed by atoms with van der Waals surface area (Å²) in [5.74, 6) is 1.53. The van der Waals surface area contributed by atoms with Gasteiger partial charge in [-0.1, -0.05) is 18.5 Å². The Morgan fingerprint density at radius 1 is 1.32 bits per heavy atom. The van der Waals surface area contributed by atoms with Crippen LogP contribution in [0.25, 0.3) is 10.2 Å². The third kappa shape index (κ3) is 3.07. The molecular formula is C14H17ClN2OS. The zero-order valence-electron chi connectivity index (χ0n) is 10.9. The zero-order valence-corrected chi connectivity index (χ0v) is 12.5. The Morgan fingerprint density at radius 2 is 2.11 bits per heavy atom. The van der Waals surface area contributed by atoms with Gasteiger partial charge in [0, 0.05) is 5.39 Å². The van der Waals surface area contributed by atoms with Crippen molar-refractivity contribution in [2.24, 2.45) is 5.92 Å². The van der Waals surface area contributed by atoms with E-state index in [2.05, 4.69) is 16.9 Å². The first-order valence-electron chi connectivity index (χ1n) is 6.73. The van der Waals surface area contributed by atoms with E-state index in [9.17, 15) is 0 Å². The normalized spacial score (nSPS) is 23.9. The summed E-state index contributed by atoms with van der Waals surface area (Å²) in [6.45, 7) is 2.77. The highest BCUT2D eigenvalue weighted by atomic mass is 35.5. The van der Waals surface area contributed by atoms with E-state index >= 15 is 0 Å². The quantitative estimate of drug-likeness (QED) is 0.785. The summed E-state index contributed by atoms with van der Waals surface area (Å²) in [6.07, 6.45) is 5.18. The monoisotopic (exact) mass is 296 g/mol. The molecule has 0 bridgehead atoms. The highest BCUT2D eigenvalue weighted by Gasteiger charge is 2.19. The van der Waals surface area contributed by atoms with E-state index in [0.29, 0.717) is 23.7 Å². The summed E-state index contributed by atoms with van der Waals surface area (Å²) < 4.78 is 5.92. The van der Waals surface area contributed by atoms with Crippen molar-refractivity contribution in [3.63, 3.8) is 0 Å².